The van der Waals surface area contributed by atoms with E-state index in [-0.39, 0.29) is 10.6 Å². The van der Waals surface area contributed by atoms with Crippen molar-refractivity contribution >= 4 is 21.6 Å². The molecule has 0 spiro atoms. The fourth-order valence-corrected chi connectivity index (χ4v) is 3.51. The Morgan fingerprint density at radius 1 is 1.48 bits per heavy atom. The third kappa shape index (κ3) is 3.55. The van der Waals surface area contributed by atoms with Gasteiger partial charge in [-0.1, -0.05) is 18.5 Å². The molecule has 8 heteroatoms. The topological polar surface area (TPSA) is 84.1 Å². The molecule has 0 fully saturated rings. The van der Waals surface area contributed by atoms with Gasteiger partial charge in [-0.2, -0.15) is 0 Å². The molecule has 2 aromatic rings. The Labute approximate surface area is 128 Å². The summed E-state index contributed by atoms with van der Waals surface area (Å²) in [5, 5.41) is 0.406. The molecular weight excluding hydrogens is 314 g/mol. The summed E-state index contributed by atoms with van der Waals surface area (Å²) in [6, 6.07) is 3.94. The normalized spacial score (nSPS) is 13.1. The maximum Gasteiger partial charge on any atom is 0.244 e. The van der Waals surface area contributed by atoms with Crippen molar-refractivity contribution in [3.05, 3.63) is 41.4 Å². The van der Waals surface area contributed by atoms with Gasteiger partial charge in [-0.05, 0) is 18.6 Å². The van der Waals surface area contributed by atoms with E-state index in [0.29, 0.717) is 17.3 Å². The van der Waals surface area contributed by atoms with Crippen LogP contribution in [-0.2, 0) is 10.0 Å². The Bertz CT molecular complexity index is 701. The summed E-state index contributed by atoms with van der Waals surface area (Å²) in [7, 11) is -2.35. The van der Waals surface area contributed by atoms with Crippen LogP contribution in [0, 0.1) is 0 Å². The minimum Gasteiger partial charge on any atom is -0.495 e. The molecule has 0 radical (unpaired) electrons. The standard InChI is InChI=1S/C13H16ClN3O3S/c1-3-10(13-15-6-7-16-13)17-21(18,19)12-5-4-9(14)8-11(12)20-2/h4-8,10,17H,3H2,1-2H3,(H,15,16). The molecule has 2 rings (SSSR count). The third-order valence-corrected chi connectivity index (χ3v) is 4.72. The molecule has 0 aliphatic rings. The first kappa shape index (κ1) is 15.8. The number of aromatic nitrogens is 2. The lowest BCUT2D eigenvalue weighted by atomic mass is 10.2. The molecule has 0 saturated carbocycles. The molecule has 2 N–H and O–H groups in total. The van der Waals surface area contributed by atoms with Gasteiger partial charge in [0, 0.05) is 23.5 Å². The lowest BCUT2D eigenvalue weighted by Crippen LogP contribution is -2.29. The van der Waals surface area contributed by atoms with Gasteiger partial charge in [0.25, 0.3) is 0 Å². The van der Waals surface area contributed by atoms with Crippen molar-refractivity contribution in [2.45, 2.75) is 24.3 Å². The quantitative estimate of drug-likeness (QED) is 0.852. The van der Waals surface area contributed by atoms with Crippen molar-refractivity contribution in [3.63, 3.8) is 0 Å². The van der Waals surface area contributed by atoms with Crippen molar-refractivity contribution < 1.29 is 13.2 Å². The number of imidazole rings is 1. The van der Waals surface area contributed by atoms with Crippen LogP contribution in [-0.4, -0.2) is 25.5 Å². The SMILES string of the molecule is CCC(NS(=O)(=O)c1ccc(Cl)cc1OC)c1ncc[nH]1. The third-order valence-electron chi connectivity index (χ3n) is 2.97. The highest BCUT2D eigenvalue weighted by Gasteiger charge is 2.24. The summed E-state index contributed by atoms with van der Waals surface area (Å²) in [6.45, 7) is 1.87. The number of hydrogen-bond donors (Lipinski definition) is 2. The van der Waals surface area contributed by atoms with Crippen LogP contribution in [0.15, 0.2) is 35.5 Å². The Balaban J connectivity index is 2.34. The maximum atomic E-state index is 12.5. The smallest absolute Gasteiger partial charge is 0.244 e. The predicted octanol–water partition coefficient (Wildman–Crippen LogP) is 2.50. The lowest BCUT2D eigenvalue weighted by molar-refractivity contribution is 0.402. The number of nitrogens with one attached hydrogen (secondary N) is 2. The first-order valence-corrected chi connectivity index (χ1v) is 8.19. The van der Waals surface area contributed by atoms with Crippen LogP contribution in [0.5, 0.6) is 5.75 Å². The van der Waals surface area contributed by atoms with Crippen LogP contribution in [0.2, 0.25) is 5.02 Å². The highest BCUT2D eigenvalue weighted by molar-refractivity contribution is 7.89. The van der Waals surface area contributed by atoms with E-state index in [1.165, 1.54) is 25.3 Å². The second kappa shape index (κ2) is 6.46. The number of hydrogen-bond acceptors (Lipinski definition) is 4. The Kier molecular flexibility index (Phi) is 4.87. The van der Waals surface area contributed by atoms with E-state index >= 15 is 0 Å². The van der Waals surface area contributed by atoms with Gasteiger partial charge in [0.1, 0.15) is 16.5 Å². The summed E-state index contributed by atoms with van der Waals surface area (Å²) in [5.74, 6) is 0.762. The molecule has 114 valence electrons. The van der Waals surface area contributed by atoms with Crippen LogP contribution in [0.25, 0.3) is 0 Å². The van der Waals surface area contributed by atoms with Gasteiger partial charge in [0.05, 0.1) is 13.2 Å². The van der Waals surface area contributed by atoms with E-state index in [0.717, 1.165) is 0 Å². The maximum absolute atomic E-state index is 12.5. The monoisotopic (exact) mass is 329 g/mol. The fraction of sp³-hybridized carbons (Fsp3) is 0.308. The number of nitrogens with zero attached hydrogens (tertiary/aromatic N) is 1. The molecule has 0 aliphatic carbocycles. The average molecular weight is 330 g/mol. The zero-order valence-electron chi connectivity index (χ0n) is 11.6. The van der Waals surface area contributed by atoms with Gasteiger partial charge >= 0.3 is 0 Å². The molecule has 1 unspecified atom stereocenters. The van der Waals surface area contributed by atoms with E-state index in [1.54, 1.807) is 12.4 Å². The number of halogens is 1. The number of methoxy groups -OCH3 is 1. The molecule has 1 heterocycles. The molecule has 6 nitrogen and oxygen atoms in total. The minimum atomic E-state index is -3.75. The summed E-state index contributed by atoms with van der Waals surface area (Å²) >= 11 is 5.85. The molecule has 0 saturated heterocycles. The number of ether oxygens (including phenoxy) is 1. The molecule has 1 aromatic heterocycles. The zero-order valence-corrected chi connectivity index (χ0v) is 13.2. The zero-order chi connectivity index (χ0) is 15.5. The van der Waals surface area contributed by atoms with Crippen LogP contribution in [0.1, 0.15) is 25.2 Å². The first-order chi connectivity index (χ1) is 9.97. The lowest BCUT2D eigenvalue weighted by Gasteiger charge is -2.16. The second-order valence-electron chi connectivity index (χ2n) is 4.35. The summed E-state index contributed by atoms with van der Waals surface area (Å²) in [4.78, 5) is 7.04. The van der Waals surface area contributed by atoms with Crippen molar-refractivity contribution in [2.75, 3.05) is 7.11 Å². The van der Waals surface area contributed by atoms with E-state index in [9.17, 15) is 8.42 Å². The predicted molar refractivity (Wildman–Crippen MR) is 79.9 cm³/mol. The molecule has 21 heavy (non-hydrogen) atoms. The van der Waals surface area contributed by atoms with E-state index in [4.69, 9.17) is 16.3 Å². The highest BCUT2D eigenvalue weighted by Crippen LogP contribution is 2.28. The first-order valence-electron chi connectivity index (χ1n) is 6.33. The van der Waals surface area contributed by atoms with Crippen LogP contribution in [0.4, 0.5) is 0 Å². The molecule has 0 aliphatic heterocycles. The summed E-state index contributed by atoms with van der Waals surface area (Å²) in [5.41, 5.74) is 0. The second-order valence-corrected chi connectivity index (χ2v) is 6.47. The van der Waals surface area contributed by atoms with Crippen LogP contribution in [0.3, 0.4) is 0 Å². The van der Waals surface area contributed by atoms with Crippen molar-refractivity contribution in [3.8, 4) is 5.75 Å². The average Bonchev–Trinajstić information content (AvgIpc) is 2.98. The minimum absolute atomic E-state index is 0.0411. The van der Waals surface area contributed by atoms with Gasteiger partial charge in [0.2, 0.25) is 10.0 Å². The molecule has 0 amide bonds. The Morgan fingerprint density at radius 2 is 2.24 bits per heavy atom. The molecule has 1 atom stereocenters. The molecule has 1 aromatic carbocycles. The summed E-state index contributed by atoms with van der Waals surface area (Å²) in [6.07, 6.45) is 3.78. The van der Waals surface area contributed by atoms with Gasteiger partial charge in [0.15, 0.2) is 0 Å². The van der Waals surface area contributed by atoms with Crippen LogP contribution >= 0.6 is 11.6 Å². The van der Waals surface area contributed by atoms with Crippen molar-refractivity contribution in [1.29, 1.82) is 0 Å². The van der Waals surface area contributed by atoms with Gasteiger partial charge < -0.3 is 9.72 Å². The Hall–Kier alpha value is -1.57. The number of aromatic amines is 1. The number of benzene rings is 1. The largest absolute Gasteiger partial charge is 0.495 e. The van der Waals surface area contributed by atoms with Gasteiger partial charge in [-0.25, -0.2) is 18.1 Å². The van der Waals surface area contributed by atoms with Crippen molar-refractivity contribution in [1.82, 2.24) is 14.7 Å². The Morgan fingerprint density at radius 3 is 2.81 bits per heavy atom. The molecule has 0 bridgehead atoms. The number of H-pyrrole nitrogens is 1. The fourth-order valence-electron chi connectivity index (χ4n) is 1.91. The summed E-state index contributed by atoms with van der Waals surface area (Å²) < 4.78 is 32.7. The van der Waals surface area contributed by atoms with Gasteiger partial charge in [-0.15, -0.1) is 0 Å². The number of rotatable bonds is 6. The highest BCUT2D eigenvalue weighted by atomic mass is 35.5. The van der Waals surface area contributed by atoms with E-state index < -0.39 is 16.1 Å². The molecular formula is C13H16ClN3O3S. The van der Waals surface area contributed by atoms with Gasteiger partial charge in [-0.3, -0.25) is 0 Å². The van der Waals surface area contributed by atoms with E-state index in [1.807, 2.05) is 6.92 Å². The van der Waals surface area contributed by atoms with E-state index in [2.05, 4.69) is 14.7 Å². The van der Waals surface area contributed by atoms with Crippen molar-refractivity contribution in [2.24, 2.45) is 0 Å². The number of sulfonamides is 1. The van der Waals surface area contributed by atoms with Crippen LogP contribution < -0.4 is 9.46 Å².